The Balaban J connectivity index is 1.72. The summed E-state index contributed by atoms with van der Waals surface area (Å²) in [6, 6.07) is 11.7. The van der Waals surface area contributed by atoms with E-state index in [0.717, 1.165) is 10.0 Å². The molecule has 2 aromatic carbocycles. The predicted octanol–water partition coefficient (Wildman–Crippen LogP) is 3.73. The molecule has 2 N–H and O–H groups in total. The van der Waals surface area contributed by atoms with Gasteiger partial charge in [-0.15, -0.1) is 0 Å². The van der Waals surface area contributed by atoms with E-state index >= 15 is 0 Å². The van der Waals surface area contributed by atoms with Gasteiger partial charge < -0.3 is 19.9 Å². The van der Waals surface area contributed by atoms with Crippen molar-refractivity contribution in [1.29, 1.82) is 0 Å². The van der Waals surface area contributed by atoms with Gasteiger partial charge in [0.15, 0.2) is 11.5 Å². The number of benzene rings is 2. The highest BCUT2D eigenvalue weighted by Gasteiger charge is 2.17. The van der Waals surface area contributed by atoms with E-state index in [0.29, 0.717) is 18.0 Å². The van der Waals surface area contributed by atoms with Gasteiger partial charge in [0, 0.05) is 28.7 Å². The summed E-state index contributed by atoms with van der Waals surface area (Å²) in [7, 11) is 0. The van der Waals surface area contributed by atoms with E-state index in [9.17, 15) is 5.11 Å². The zero-order valence-corrected chi connectivity index (χ0v) is 13.2. The molecule has 110 valence electrons. The van der Waals surface area contributed by atoms with Crippen LogP contribution in [0.2, 0.25) is 0 Å². The summed E-state index contributed by atoms with van der Waals surface area (Å²) in [4.78, 5) is 0. The second-order valence-corrected chi connectivity index (χ2v) is 5.81. The minimum atomic E-state index is 0.158. The largest absolute Gasteiger partial charge is 0.507 e. The van der Waals surface area contributed by atoms with Crippen LogP contribution in [0.5, 0.6) is 17.2 Å². The van der Waals surface area contributed by atoms with Gasteiger partial charge in [-0.05, 0) is 24.6 Å². The molecular formula is C16H16BrNO3. The molecule has 21 heavy (non-hydrogen) atoms. The molecule has 1 atom stereocenters. The van der Waals surface area contributed by atoms with E-state index < -0.39 is 0 Å². The van der Waals surface area contributed by atoms with Crippen molar-refractivity contribution in [1.82, 2.24) is 5.32 Å². The number of ether oxygens (including phenoxy) is 2. The van der Waals surface area contributed by atoms with Crippen LogP contribution < -0.4 is 14.8 Å². The third-order valence-electron chi connectivity index (χ3n) is 3.54. The van der Waals surface area contributed by atoms with Crippen LogP contribution in [-0.4, -0.2) is 11.9 Å². The minimum absolute atomic E-state index is 0.158. The van der Waals surface area contributed by atoms with Gasteiger partial charge in [0.2, 0.25) is 6.79 Å². The van der Waals surface area contributed by atoms with E-state index in [1.807, 2.05) is 24.3 Å². The molecule has 1 aliphatic rings. The maximum atomic E-state index is 10.0. The van der Waals surface area contributed by atoms with Crippen LogP contribution in [0.3, 0.4) is 0 Å². The fourth-order valence-corrected chi connectivity index (χ4v) is 2.94. The van der Waals surface area contributed by atoms with Gasteiger partial charge in [-0.1, -0.05) is 34.1 Å². The minimum Gasteiger partial charge on any atom is -0.507 e. The van der Waals surface area contributed by atoms with E-state index in [4.69, 9.17) is 9.47 Å². The average molecular weight is 350 g/mol. The molecule has 3 rings (SSSR count). The van der Waals surface area contributed by atoms with Crippen LogP contribution in [0.25, 0.3) is 0 Å². The highest BCUT2D eigenvalue weighted by molar-refractivity contribution is 9.10. The van der Waals surface area contributed by atoms with Gasteiger partial charge in [-0.3, -0.25) is 0 Å². The number of halogens is 1. The molecule has 0 aromatic heterocycles. The summed E-state index contributed by atoms with van der Waals surface area (Å²) in [5, 5.41) is 13.4. The molecule has 1 unspecified atom stereocenters. The van der Waals surface area contributed by atoms with Gasteiger partial charge in [0.1, 0.15) is 5.75 Å². The molecule has 0 saturated carbocycles. The highest BCUT2D eigenvalue weighted by Crippen LogP contribution is 2.37. The lowest BCUT2D eigenvalue weighted by atomic mass is 10.1. The summed E-state index contributed by atoms with van der Waals surface area (Å²) >= 11 is 3.55. The molecule has 2 aromatic rings. The van der Waals surface area contributed by atoms with Crippen molar-refractivity contribution in [2.45, 2.75) is 19.5 Å². The molecule has 0 amide bonds. The number of phenols is 1. The third kappa shape index (κ3) is 2.99. The molecule has 0 saturated heterocycles. The van der Waals surface area contributed by atoms with Crippen LogP contribution in [-0.2, 0) is 6.54 Å². The van der Waals surface area contributed by atoms with Crippen LogP contribution >= 0.6 is 15.9 Å². The topological polar surface area (TPSA) is 50.7 Å². The molecule has 0 fully saturated rings. The van der Waals surface area contributed by atoms with Crippen molar-refractivity contribution in [3.63, 3.8) is 0 Å². The standard InChI is InChI=1S/C16H16BrNO3/c1-10(12-4-2-3-5-13(12)17)18-8-11-6-15-16(7-14(11)19)21-9-20-15/h2-7,10,18-19H,8-9H2,1H3. The first-order valence-corrected chi connectivity index (χ1v) is 7.54. The zero-order valence-electron chi connectivity index (χ0n) is 11.6. The molecule has 0 bridgehead atoms. The lowest BCUT2D eigenvalue weighted by Crippen LogP contribution is -2.18. The van der Waals surface area contributed by atoms with Gasteiger partial charge >= 0.3 is 0 Å². The monoisotopic (exact) mass is 349 g/mol. The number of hydrogen-bond donors (Lipinski definition) is 2. The van der Waals surface area contributed by atoms with Crippen molar-refractivity contribution in [3.8, 4) is 17.2 Å². The molecule has 0 aliphatic carbocycles. The first-order valence-electron chi connectivity index (χ1n) is 6.74. The van der Waals surface area contributed by atoms with Crippen LogP contribution in [0.15, 0.2) is 40.9 Å². The number of nitrogens with one attached hydrogen (secondary N) is 1. The van der Waals surface area contributed by atoms with Crippen molar-refractivity contribution in [2.24, 2.45) is 0 Å². The fraction of sp³-hybridized carbons (Fsp3) is 0.250. The Bertz CT molecular complexity index is 660. The lowest BCUT2D eigenvalue weighted by Gasteiger charge is -2.16. The Morgan fingerprint density at radius 1 is 1.24 bits per heavy atom. The van der Waals surface area contributed by atoms with Gasteiger partial charge in [-0.25, -0.2) is 0 Å². The van der Waals surface area contributed by atoms with Crippen LogP contribution in [0.4, 0.5) is 0 Å². The van der Waals surface area contributed by atoms with Gasteiger partial charge in [0.05, 0.1) is 0 Å². The van der Waals surface area contributed by atoms with Crippen molar-refractivity contribution in [3.05, 3.63) is 52.0 Å². The summed E-state index contributed by atoms with van der Waals surface area (Å²) in [5.74, 6) is 1.49. The van der Waals surface area contributed by atoms with Crippen molar-refractivity contribution < 1.29 is 14.6 Å². The fourth-order valence-electron chi connectivity index (χ4n) is 2.31. The van der Waals surface area contributed by atoms with E-state index in [1.165, 1.54) is 5.56 Å². The van der Waals surface area contributed by atoms with E-state index in [1.54, 1.807) is 6.07 Å². The zero-order chi connectivity index (χ0) is 14.8. The Morgan fingerprint density at radius 2 is 1.95 bits per heavy atom. The average Bonchev–Trinajstić information content (AvgIpc) is 2.92. The second-order valence-electron chi connectivity index (χ2n) is 4.96. The first kappa shape index (κ1) is 14.2. The molecule has 1 heterocycles. The van der Waals surface area contributed by atoms with Gasteiger partial charge in [-0.2, -0.15) is 0 Å². The van der Waals surface area contributed by atoms with Crippen LogP contribution in [0.1, 0.15) is 24.1 Å². The number of hydrogen-bond acceptors (Lipinski definition) is 4. The molecule has 0 spiro atoms. The maximum absolute atomic E-state index is 10.0. The Kier molecular flexibility index (Phi) is 4.03. The Hall–Kier alpha value is -1.72. The van der Waals surface area contributed by atoms with E-state index in [2.05, 4.69) is 34.2 Å². The van der Waals surface area contributed by atoms with Crippen molar-refractivity contribution in [2.75, 3.05) is 6.79 Å². The molecular weight excluding hydrogens is 334 g/mol. The first-order chi connectivity index (χ1) is 10.1. The lowest BCUT2D eigenvalue weighted by molar-refractivity contribution is 0.174. The maximum Gasteiger partial charge on any atom is 0.231 e. The smallest absolute Gasteiger partial charge is 0.231 e. The number of fused-ring (bicyclic) bond motifs is 1. The third-order valence-corrected chi connectivity index (χ3v) is 4.27. The predicted molar refractivity (Wildman–Crippen MR) is 83.6 cm³/mol. The summed E-state index contributed by atoms with van der Waals surface area (Å²) in [6.07, 6.45) is 0. The van der Waals surface area contributed by atoms with Crippen molar-refractivity contribution >= 4 is 15.9 Å². The number of aromatic hydroxyl groups is 1. The summed E-state index contributed by atoms with van der Waals surface area (Å²) in [5.41, 5.74) is 1.97. The Morgan fingerprint density at radius 3 is 2.71 bits per heavy atom. The SMILES string of the molecule is CC(NCc1cc2c(cc1O)OCO2)c1ccccc1Br. The normalized spacial score (nSPS) is 14.2. The summed E-state index contributed by atoms with van der Waals surface area (Å²) in [6.45, 7) is 2.84. The van der Waals surface area contributed by atoms with Crippen LogP contribution in [0, 0.1) is 0 Å². The Labute approximate surface area is 131 Å². The summed E-state index contributed by atoms with van der Waals surface area (Å²) < 4.78 is 11.6. The second kappa shape index (κ2) is 5.95. The van der Waals surface area contributed by atoms with Gasteiger partial charge in [0.25, 0.3) is 0 Å². The quantitative estimate of drug-likeness (QED) is 0.882. The molecule has 0 radical (unpaired) electrons. The molecule has 5 heteroatoms. The molecule has 4 nitrogen and oxygen atoms in total. The molecule has 1 aliphatic heterocycles. The number of phenolic OH excluding ortho intramolecular Hbond substituents is 1. The number of rotatable bonds is 4. The highest BCUT2D eigenvalue weighted by atomic mass is 79.9. The van der Waals surface area contributed by atoms with E-state index in [-0.39, 0.29) is 18.6 Å².